The summed E-state index contributed by atoms with van der Waals surface area (Å²) >= 11 is 24.9. The fraction of sp³-hybridized carbons (Fsp3) is 0.333. The lowest BCUT2D eigenvalue weighted by Gasteiger charge is -2.12. The van der Waals surface area contributed by atoms with Crippen LogP contribution in [0, 0.1) is 24.5 Å². The molecule has 10 heteroatoms. The molecule has 31 heavy (non-hydrogen) atoms. The first-order valence-electron chi connectivity index (χ1n) is 9.41. The Kier molecular flexibility index (Phi) is 7.06. The van der Waals surface area contributed by atoms with Gasteiger partial charge in [-0.25, -0.2) is 8.78 Å². The van der Waals surface area contributed by atoms with Crippen molar-refractivity contribution < 1.29 is 18.4 Å². The van der Waals surface area contributed by atoms with Crippen LogP contribution < -0.4 is 10.6 Å². The maximum absolute atomic E-state index is 14.8. The van der Waals surface area contributed by atoms with Crippen LogP contribution in [0.1, 0.15) is 36.8 Å². The first kappa shape index (κ1) is 24.1. The Morgan fingerprint density at radius 1 is 1.13 bits per heavy atom. The monoisotopic (exact) mass is 508 g/mol. The van der Waals surface area contributed by atoms with Crippen molar-refractivity contribution in [2.75, 3.05) is 10.6 Å². The molecule has 1 saturated carbocycles. The van der Waals surface area contributed by atoms with Gasteiger partial charge >= 0.3 is 0 Å². The molecular weight excluding hydrogens is 492 g/mol. The zero-order valence-electron chi connectivity index (χ0n) is 16.5. The van der Waals surface area contributed by atoms with Crippen LogP contribution in [0.25, 0.3) is 0 Å². The highest BCUT2D eigenvalue weighted by Crippen LogP contribution is 2.65. The molecule has 2 aromatic rings. The Labute approximate surface area is 198 Å². The number of aryl methyl sites for hydroxylation is 1. The molecule has 0 aliphatic heterocycles. The Morgan fingerprint density at radius 3 is 2.42 bits per heavy atom. The molecule has 1 aliphatic rings. The molecule has 2 amide bonds. The maximum Gasteiger partial charge on any atom is 0.231 e. The molecule has 1 aliphatic carbocycles. The summed E-state index contributed by atoms with van der Waals surface area (Å²) in [5.41, 5.74) is 0.366. The van der Waals surface area contributed by atoms with E-state index in [0.29, 0.717) is 27.6 Å². The minimum atomic E-state index is -1.44. The molecule has 2 N–H and O–H groups in total. The lowest BCUT2D eigenvalue weighted by atomic mass is 10.1. The van der Waals surface area contributed by atoms with Crippen LogP contribution >= 0.6 is 46.4 Å². The lowest BCUT2D eigenvalue weighted by molar-refractivity contribution is -0.117. The van der Waals surface area contributed by atoms with E-state index in [9.17, 15) is 18.4 Å². The van der Waals surface area contributed by atoms with Gasteiger partial charge < -0.3 is 10.6 Å². The summed E-state index contributed by atoms with van der Waals surface area (Å²) in [6.07, 6.45) is 0.611. The molecule has 2 atom stereocenters. The van der Waals surface area contributed by atoms with Crippen LogP contribution in [0.3, 0.4) is 0 Å². The van der Waals surface area contributed by atoms with Crippen LogP contribution in [0.15, 0.2) is 24.3 Å². The van der Waals surface area contributed by atoms with Gasteiger partial charge in [0.25, 0.3) is 0 Å². The third kappa shape index (κ3) is 4.77. The third-order valence-corrected chi connectivity index (χ3v) is 6.85. The SMILES string of the molecule is CCCC(=O)Nc1c(F)ccc(NC(=O)C2[C@H](c3cc(C)c(Cl)c(Cl)c3)C2(Cl)Cl)c1F. The van der Waals surface area contributed by atoms with E-state index in [1.165, 1.54) is 0 Å². The molecule has 0 radical (unpaired) electrons. The number of amides is 2. The number of alkyl halides is 2. The van der Waals surface area contributed by atoms with E-state index < -0.39 is 45.3 Å². The summed E-state index contributed by atoms with van der Waals surface area (Å²) < 4.78 is 27.4. The van der Waals surface area contributed by atoms with Crippen LogP contribution in [-0.2, 0) is 9.59 Å². The fourth-order valence-electron chi connectivity index (χ4n) is 3.40. The molecule has 1 fully saturated rings. The van der Waals surface area contributed by atoms with Crippen LogP contribution in [0.4, 0.5) is 20.2 Å². The second kappa shape index (κ2) is 9.10. The molecular formula is C21H18Cl4F2N2O2. The quantitative estimate of drug-likeness (QED) is 0.418. The van der Waals surface area contributed by atoms with Crippen LogP contribution in [-0.4, -0.2) is 16.1 Å². The third-order valence-electron chi connectivity index (χ3n) is 5.02. The first-order valence-corrected chi connectivity index (χ1v) is 10.9. The van der Waals surface area contributed by atoms with Gasteiger partial charge in [-0.3, -0.25) is 9.59 Å². The van der Waals surface area contributed by atoms with Crippen molar-refractivity contribution in [3.63, 3.8) is 0 Å². The molecule has 2 aromatic carbocycles. The number of hydrogen-bond donors (Lipinski definition) is 2. The normalized spacial score (nSPS) is 19.1. The highest BCUT2D eigenvalue weighted by molar-refractivity contribution is 6.53. The van der Waals surface area contributed by atoms with Crippen LogP contribution in [0.2, 0.25) is 10.0 Å². The summed E-state index contributed by atoms with van der Waals surface area (Å²) in [5.74, 6) is -4.77. The fourth-order valence-corrected chi connectivity index (χ4v) is 4.62. The lowest BCUT2D eigenvalue weighted by Crippen LogP contribution is -2.19. The van der Waals surface area contributed by atoms with Gasteiger partial charge in [0.05, 0.1) is 21.7 Å². The Morgan fingerprint density at radius 2 is 1.81 bits per heavy atom. The van der Waals surface area contributed by atoms with Gasteiger partial charge in [0.1, 0.15) is 15.8 Å². The van der Waals surface area contributed by atoms with Crippen molar-refractivity contribution in [3.8, 4) is 0 Å². The van der Waals surface area contributed by atoms with Gasteiger partial charge in [0.15, 0.2) is 5.82 Å². The Hall–Kier alpha value is -1.60. The van der Waals surface area contributed by atoms with Crippen LogP contribution in [0.5, 0.6) is 0 Å². The van der Waals surface area contributed by atoms with Crippen molar-refractivity contribution >= 4 is 69.6 Å². The highest BCUT2D eigenvalue weighted by atomic mass is 35.5. The minimum Gasteiger partial charge on any atom is -0.323 e. The van der Waals surface area contributed by atoms with E-state index in [1.54, 1.807) is 26.0 Å². The molecule has 0 heterocycles. The van der Waals surface area contributed by atoms with E-state index in [0.717, 1.165) is 12.1 Å². The number of carbonyl (C=O) groups is 2. The molecule has 0 bridgehead atoms. The maximum atomic E-state index is 14.8. The summed E-state index contributed by atoms with van der Waals surface area (Å²) in [6.45, 7) is 3.51. The zero-order chi connectivity index (χ0) is 23.1. The molecule has 166 valence electrons. The van der Waals surface area contributed by atoms with E-state index in [-0.39, 0.29) is 12.1 Å². The van der Waals surface area contributed by atoms with Crippen molar-refractivity contribution in [1.82, 2.24) is 0 Å². The highest BCUT2D eigenvalue weighted by Gasteiger charge is 2.67. The van der Waals surface area contributed by atoms with Gasteiger partial charge in [-0.15, -0.1) is 23.2 Å². The number of rotatable bonds is 6. The average Bonchev–Trinajstić information content (AvgIpc) is 3.27. The number of carbonyl (C=O) groups excluding carboxylic acids is 2. The predicted molar refractivity (Wildman–Crippen MR) is 120 cm³/mol. The van der Waals surface area contributed by atoms with Gasteiger partial charge in [-0.05, 0) is 42.7 Å². The minimum absolute atomic E-state index is 0.101. The standard InChI is InChI=1S/C21H18Cl4F2N2O2/c1-3-4-14(30)29-19-12(26)5-6-13(18(19)27)28-20(31)16-15(21(16,24)25)10-7-9(2)17(23)11(22)8-10/h5-8,15-16H,3-4H2,1-2H3,(H,28,31)(H,29,30)/t15-,16?/m0/s1. The molecule has 3 rings (SSSR count). The Balaban J connectivity index is 1.83. The summed E-state index contributed by atoms with van der Waals surface area (Å²) in [5, 5.41) is 5.25. The van der Waals surface area contributed by atoms with Crippen molar-refractivity contribution in [1.29, 1.82) is 0 Å². The largest absolute Gasteiger partial charge is 0.323 e. The van der Waals surface area contributed by atoms with Gasteiger partial charge in [-0.1, -0.05) is 36.2 Å². The van der Waals surface area contributed by atoms with Gasteiger partial charge in [-0.2, -0.15) is 0 Å². The molecule has 0 saturated heterocycles. The number of hydrogen-bond acceptors (Lipinski definition) is 2. The topological polar surface area (TPSA) is 58.2 Å². The second-order valence-corrected chi connectivity index (χ2v) is 9.56. The second-order valence-electron chi connectivity index (χ2n) is 7.33. The summed E-state index contributed by atoms with van der Waals surface area (Å²) in [6, 6.07) is 5.31. The number of halogens is 6. The molecule has 4 nitrogen and oxygen atoms in total. The predicted octanol–water partition coefficient (Wildman–Crippen LogP) is 6.84. The molecule has 0 aromatic heterocycles. The van der Waals surface area contributed by atoms with E-state index in [4.69, 9.17) is 46.4 Å². The number of anilines is 2. The molecule has 1 unspecified atom stereocenters. The average molecular weight is 510 g/mol. The van der Waals surface area contributed by atoms with Gasteiger partial charge in [0, 0.05) is 12.3 Å². The summed E-state index contributed by atoms with van der Waals surface area (Å²) in [4.78, 5) is 24.5. The van der Waals surface area contributed by atoms with Crippen molar-refractivity contribution in [3.05, 3.63) is 57.1 Å². The first-order chi connectivity index (χ1) is 14.5. The van der Waals surface area contributed by atoms with E-state index in [2.05, 4.69) is 10.6 Å². The molecule has 0 spiro atoms. The van der Waals surface area contributed by atoms with Gasteiger partial charge in [0.2, 0.25) is 11.8 Å². The Bertz CT molecular complexity index is 1040. The smallest absolute Gasteiger partial charge is 0.231 e. The summed E-state index contributed by atoms with van der Waals surface area (Å²) in [7, 11) is 0. The number of nitrogens with one attached hydrogen (secondary N) is 2. The van der Waals surface area contributed by atoms with E-state index >= 15 is 0 Å². The van der Waals surface area contributed by atoms with Crippen molar-refractivity contribution in [2.24, 2.45) is 5.92 Å². The van der Waals surface area contributed by atoms with Crippen molar-refractivity contribution in [2.45, 2.75) is 36.9 Å². The van der Waals surface area contributed by atoms with E-state index in [1.807, 2.05) is 0 Å². The zero-order valence-corrected chi connectivity index (χ0v) is 19.5. The number of benzene rings is 2.